The van der Waals surface area contributed by atoms with Crippen molar-refractivity contribution in [2.24, 2.45) is 0 Å². The Morgan fingerprint density at radius 2 is 2.07 bits per heavy atom. The molecule has 3 heteroatoms. The van der Waals surface area contributed by atoms with E-state index in [-0.39, 0.29) is 18.0 Å². The van der Waals surface area contributed by atoms with Crippen LogP contribution in [0.25, 0.3) is 0 Å². The summed E-state index contributed by atoms with van der Waals surface area (Å²) in [6.45, 7) is 4.08. The fourth-order valence-electron chi connectivity index (χ4n) is 1.31. The van der Waals surface area contributed by atoms with Crippen LogP contribution in [-0.4, -0.2) is 10.5 Å². The van der Waals surface area contributed by atoms with Gasteiger partial charge in [-0.15, -0.1) is 0 Å². The lowest BCUT2D eigenvalue weighted by Gasteiger charge is -2.20. The highest BCUT2D eigenvalue weighted by atomic mass is 127. The Labute approximate surface area is 104 Å². The van der Waals surface area contributed by atoms with Crippen molar-refractivity contribution in [1.29, 1.82) is 0 Å². The monoisotopic (exact) mass is 322 g/mol. The topological polar surface area (TPSA) is 9.23 Å². The number of hydrogen-bond donors (Lipinski definition) is 0. The predicted molar refractivity (Wildman–Crippen MR) is 68.9 cm³/mol. The molecule has 15 heavy (non-hydrogen) atoms. The Hall–Kier alpha value is -0.160. The molecule has 1 nitrogen and oxygen atoms in total. The van der Waals surface area contributed by atoms with Crippen LogP contribution in [0.15, 0.2) is 24.3 Å². The van der Waals surface area contributed by atoms with E-state index < -0.39 is 0 Å². The molecule has 0 heterocycles. The van der Waals surface area contributed by atoms with Gasteiger partial charge >= 0.3 is 0 Å². The maximum absolute atomic E-state index is 13.5. The first-order valence-corrected chi connectivity index (χ1v) is 6.67. The summed E-state index contributed by atoms with van der Waals surface area (Å²) < 4.78 is 20.0. The molecule has 84 valence electrons. The van der Waals surface area contributed by atoms with Gasteiger partial charge in [0.1, 0.15) is 5.82 Å². The summed E-state index contributed by atoms with van der Waals surface area (Å²) in [6.07, 6.45) is 0.979. The number of hydrogen-bond acceptors (Lipinski definition) is 1. The van der Waals surface area contributed by atoms with Gasteiger partial charge in [-0.25, -0.2) is 4.39 Å². The lowest BCUT2D eigenvalue weighted by molar-refractivity contribution is 0.00804. The Kier molecular flexibility index (Phi) is 5.53. The zero-order valence-corrected chi connectivity index (χ0v) is 11.2. The van der Waals surface area contributed by atoms with Crippen LogP contribution in [0.4, 0.5) is 4.39 Å². The summed E-state index contributed by atoms with van der Waals surface area (Å²) in [5.41, 5.74) is 0.659. The van der Waals surface area contributed by atoms with Gasteiger partial charge in [0.2, 0.25) is 0 Å². The Morgan fingerprint density at radius 3 is 2.60 bits per heavy atom. The van der Waals surface area contributed by atoms with Gasteiger partial charge in [0.25, 0.3) is 0 Å². The third kappa shape index (κ3) is 3.72. The SMILES string of the molecule is CCC(C)OC(CI)c1ccccc1F. The Bertz CT molecular complexity index is 303. The number of benzene rings is 1. The van der Waals surface area contributed by atoms with Crippen LogP contribution in [0.5, 0.6) is 0 Å². The second-order valence-electron chi connectivity index (χ2n) is 3.52. The molecule has 0 saturated heterocycles. The smallest absolute Gasteiger partial charge is 0.129 e. The fourth-order valence-corrected chi connectivity index (χ4v) is 1.99. The first-order chi connectivity index (χ1) is 7.19. The van der Waals surface area contributed by atoms with E-state index >= 15 is 0 Å². The summed E-state index contributed by atoms with van der Waals surface area (Å²) >= 11 is 2.23. The predicted octanol–water partition coefficient (Wildman–Crippen LogP) is 4.12. The molecule has 1 aromatic carbocycles. The minimum atomic E-state index is -0.178. The highest BCUT2D eigenvalue weighted by molar-refractivity contribution is 14.1. The van der Waals surface area contributed by atoms with E-state index in [2.05, 4.69) is 29.5 Å². The van der Waals surface area contributed by atoms with Gasteiger partial charge in [0, 0.05) is 9.99 Å². The molecule has 0 amide bonds. The molecule has 0 aliphatic rings. The molecule has 0 aromatic heterocycles. The molecular weight excluding hydrogens is 306 g/mol. The van der Waals surface area contributed by atoms with Gasteiger partial charge < -0.3 is 4.74 Å². The summed E-state index contributed by atoms with van der Waals surface area (Å²) in [4.78, 5) is 0. The van der Waals surface area contributed by atoms with Crippen LogP contribution >= 0.6 is 22.6 Å². The van der Waals surface area contributed by atoms with Crippen molar-refractivity contribution in [3.8, 4) is 0 Å². The van der Waals surface area contributed by atoms with Gasteiger partial charge in [-0.05, 0) is 19.4 Å². The second kappa shape index (κ2) is 6.43. The molecule has 0 spiro atoms. The molecule has 1 rings (SSSR count). The third-order valence-corrected chi connectivity index (χ3v) is 3.16. The molecule has 0 aliphatic carbocycles. The summed E-state index contributed by atoms with van der Waals surface area (Å²) in [5, 5.41) is 0. The lowest BCUT2D eigenvalue weighted by Crippen LogP contribution is -2.15. The molecule has 0 aliphatic heterocycles. The molecule has 0 bridgehead atoms. The van der Waals surface area contributed by atoms with Crippen LogP contribution in [-0.2, 0) is 4.74 Å². The first-order valence-electron chi connectivity index (χ1n) is 5.14. The van der Waals surface area contributed by atoms with Gasteiger partial charge in [0.15, 0.2) is 0 Å². The van der Waals surface area contributed by atoms with Gasteiger partial charge in [-0.3, -0.25) is 0 Å². The molecule has 2 unspecified atom stereocenters. The van der Waals surface area contributed by atoms with Crippen molar-refractivity contribution >= 4 is 22.6 Å². The van der Waals surface area contributed by atoms with Gasteiger partial charge in [-0.2, -0.15) is 0 Å². The van der Waals surface area contributed by atoms with E-state index in [1.54, 1.807) is 12.1 Å². The number of alkyl halides is 1. The van der Waals surface area contributed by atoms with E-state index in [1.807, 2.05) is 13.0 Å². The molecule has 0 fully saturated rings. The minimum Gasteiger partial charge on any atom is -0.370 e. The molecule has 0 radical (unpaired) electrons. The second-order valence-corrected chi connectivity index (χ2v) is 4.40. The van der Waals surface area contributed by atoms with Crippen molar-refractivity contribution in [3.63, 3.8) is 0 Å². The first kappa shape index (κ1) is 12.9. The van der Waals surface area contributed by atoms with Crippen molar-refractivity contribution in [2.45, 2.75) is 32.5 Å². The quantitative estimate of drug-likeness (QED) is 0.585. The molecular formula is C12H16FIO. The minimum absolute atomic E-state index is 0.137. The summed E-state index contributed by atoms with van der Waals surface area (Å²) in [5.74, 6) is -0.178. The molecule has 2 atom stereocenters. The van der Waals surface area contributed by atoms with E-state index in [4.69, 9.17) is 4.74 Å². The van der Waals surface area contributed by atoms with Crippen LogP contribution in [0.1, 0.15) is 31.9 Å². The Morgan fingerprint density at radius 1 is 1.40 bits per heavy atom. The maximum atomic E-state index is 13.5. The zero-order chi connectivity index (χ0) is 11.3. The van der Waals surface area contributed by atoms with E-state index in [9.17, 15) is 4.39 Å². The summed E-state index contributed by atoms with van der Waals surface area (Å²) in [6, 6.07) is 6.82. The van der Waals surface area contributed by atoms with Crippen molar-refractivity contribution in [1.82, 2.24) is 0 Å². The standard InChI is InChI=1S/C12H16FIO/c1-3-9(2)15-12(8-14)10-6-4-5-7-11(10)13/h4-7,9,12H,3,8H2,1-2H3. The van der Waals surface area contributed by atoms with Crippen LogP contribution in [0.3, 0.4) is 0 Å². The molecule has 0 saturated carbocycles. The Balaban J connectivity index is 2.78. The highest BCUT2D eigenvalue weighted by Gasteiger charge is 2.16. The van der Waals surface area contributed by atoms with Crippen molar-refractivity contribution < 1.29 is 9.13 Å². The van der Waals surface area contributed by atoms with Gasteiger partial charge in [-0.1, -0.05) is 47.7 Å². The summed E-state index contributed by atoms with van der Waals surface area (Å²) in [7, 11) is 0. The van der Waals surface area contributed by atoms with Gasteiger partial charge in [0.05, 0.1) is 12.2 Å². The highest BCUT2D eigenvalue weighted by Crippen LogP contribution is 2.24. The fraction of sp³-hybridized carbons (Fsp3) is 0.500. The van der Waals surface area contributed by atoms with Crippen LogP contribution in [0.2, 0.25) is 0 Å². The number of rotatable bonds is 5. The van der Waals surface area contributed by atoms with E-state index in [0.29, 0.717) is 5.56 Å². The third-order valence-electron chi connectivity index (χ3n) is 2.36. The number of ether oxygens (including phenoxy) is 1. The van der Waals surface area contributed by atoms with Crippen molar-refractivity contribution in [2.75, 3.05) is 4.43 Å². The molecule has 1 aromatic rings. The van der Waals surface area contributed by atoms with Crippen molar-refractivity contribution in [3.05, 3.63) is 35.6 Å². The largest absolute Gasteiger partial charge is 0.370 e. The zero-order valence-electron chi connectivity index (χ0n) is 9.04. The van der Waals surface area contributed by atoms with E-state index in [0.717, 1.165) is 10.8 Å². The van der Waals surface area contributed by atoms with E-state index in [1.165, 1.54) is 6.07 Å². The average Bonchev–Trinajstić information content (AvgIpc) is 2.26. The lowest BCUT2D eigenvalue weighted by atomic mass is 10.1. The normalized spacial score (nSPS) is 14.9. The maximum Gasteiger partial charge on any atom is 0.129 e. The number of halogens is 2. The van der Waals surface area contributed by atoms with Crippen LogP contribution < -0.4 is 0 Å². The average molecular weight is 322 g/mol. The molecule has 0 N–H and O–H groups in total. The van der Waals surface area contributed by atoms with Crippen LogP contribution in [0, 0.1) is 5.82 Å².